The summed E-state index contributed by atoms with van der Waals surface area (Å²) in [5.41, 5.74) is 2.70. The van der Waals surface area contributed by atoms with Crippen LogP contribution >= 0.6 is 15.9 Å². The van der Waals surface area contributed by atoms with Crippen molar-refractivity contribution in [3.8, 4) is 11.4 Å². The normalized spacial score (nSPS) is 11.0. The van der Waals surface area contributed by atoms with Crippen LogP contribution in [0.1, 0.15) is 19.5 Å². The molecular formula is C16H20BrN3O. The molecule has 0 unspecified atom stereocenters. The summed E-state index contributed by atoms with van der Waals surface area (Å²) in [6.07, 6.45) is 0.771. The number of hydrogen-bond donors (Lipinski definition) is 1. The molecule has 112 valence electrons. The van der Waals surface area contributed by atoms with E-state index in [0.29, 0.717) is 16.2 Å². The van der Waals surface area contributed by atoms with Crippen molar-refractivity contribution in [3.05, 3.63) is 44.8 Å². The molecule has 0 aliphatic rings. The van der Waals surface area contributed by atoms with E-state index in [4.69, 9.17) is 0 Å². The third kappa shape index (κ3) is 3.73. The van der Waals surface area contributed by atoms with Crippen LogP contribution in [0.4, 0.5) is 5.69 Å². The Morgan fingerprint density at radius 1 is 1.24 bits per heavy atom. The van der Waals surface area contributed by atoms with E-state index in [2.05, 4.69) is 39.7 Å². The van der Waals surface area contributed by atoms with Crippen LogP contribution in [0, 0.1) is 5.92 Å². The highest BCUT2D eigenvalue weighted by Gasteiger charge is 2.11. The highest BCUT2D eigenvalue weighted by molar-refractivity contribution is 9.10. The van der Waals surface area contributed by atoms with Gasteiger partial charge in [0, 0.05) is 25.3 Å². The van der Waals surface area contributed by atoms with Crippen LogP contribution in [0.25, 0.3) is 11.4 Å². The second-order valence-corrected chi connectivity index (χ2v) is 6.51. The van der Waals surface area contributed by atoms with E-state index in [1.54, 1.807) is 0 Å². The van der Waals surface area contributed by atoms with E-state index >= 15 is 0 Å². The minimum Gasteiger partial charge on any atom is -0.378 e. The number of halogens is 1. The van der Waals surface area contributed by atoms with Gasteiger partial charge in [-0.3, -0.25) is 4.79 Å². The van der Waals surface area contributed by atoms with Gasteiger partial charge in [-0.05, 0) is 52.5 Å². The van der Waals surface area contributed by atoms with Crippen LogP contribution in [0.5, 0.6) is 0 Å². The number of anilines is 1. The van der Waals surface area contributed by atoms with Gasteiger partial charge >= 0.3 is 0 Å². The van der Waals surface area contributed by atoms with Crippen LogP contribution in [-0.4, -0.2) is 24.1 Å². The predicted octanol–water partition coefficient (Wildman–Crippen LogP) is 3.46. The van der Waals surface area contributed by atoms with Gasteiger partial charge in [-0.1, -0.05) is 13.8 Å². The maximum Gasteiger partial charge on any atom is 0.265 e. The molecule has 0 saturated carbocycles. The first-order chi connectivity index (χ1) is 9.88. The Hall–Kier alpha value is -1.62. The van der Waals surface area contributed by atoms with Crippen molar-refractivity contribution in [1.82, 2.24) is 9.97 Å². The Morgan fingerprint density at radius 2 is 1.86 bits per heavy atom. The summed E-state index contributed by atoms with van der Waals surface area (Å²) in [5, 5.41) is 0. The van der Waals surface area contributed by atoms with Crippen molar-refractivity contribution >= 4 is 21.6 Å². The SMILES string of the molecule is CC(C)Cc1nc(-c2ccc(N(C)C)cc2)[nH]c(=O)c1Br. The number of benzene rings is 1. The lowest BCUT2D eigenvalue weighted by atomic mass is 10.1. The van der Waals surface area contributed by atoms with Crippen LogP contribution in [-0.2, 0) is 6.42 Å². The van der Waals surface area contributed by atoms with Crippen molar-refractivity contribution in [2.75, 3.05) is 19.0 Å². The van der Waals surface area contributed by atoms with Gasteiger partial charge in [-0.25, -0.2) is 4.98 Å². The summed E-state index contributed by atoms with van der Waals surface area (Å²) in [4.78, 5) is 21.5. The molecule has 1 aromatic carbocycles. The number of aromatic nitrogens is 2. The number of nitrogens with zero attached hydrogens (tertiary/aromatic N) is 2. The lowest BCUT2D eigenvalue weighted by molar-refractivity contribution is 0.631. The Kier molecular flexibility index (Phi) is 4.83. The number of rotatable bonds is 4. The largest absolute Gasteiger partial charge is 0.378 e. The fourth-order valence-corrected chi connectivity index (χ4v) is 2.43. The highest BCUT2D eigenvalue weighted by Crippen LogP contribution is 2.21. The standard InChI is InChI=1S/C16H20BrN3O/c1-10(2)9-13-14(17)16(21)19-15(18-13)11-5-7-12(8-6-11)20(3)4/h5-8,10H,9H2,1-4H3,(H,18,19,21). The minimum absolute atomic E-state index is 0.132. The van der Waals surface area contributed by atoms with Gasteiger partial charge in [0.25, 0.3) is 5.56 Å². The van der Waals surface area contributed by atoms with Gasteiger partial charge in [0.2, 0.25) is 0 Å². The van der Waals surface area contributed by atoms with Crippen molar-refractivity contribution in [3.63, 3.8) is 0 Å². The summed E-state index contributed by atoms with van der Waals surface area (Å²) < 4.78 is 0.532. The Labute approximate surface area is 133 Å². The summed E-state index contributed by atoms with van der Waals surface area (Å²) in [5.74, 6) is 1.06. The number of H-pyrrole nitrogens is 1. The van der Waals surface area contributed by atoms with E-state index in [0.717, 1.165) is 23.4 Å². The van der Waals surface area contributed by atoms with Gasteiger partial charge in [0.05, 0.1) is 5.69 Å². The summed E-state index contributed by atoms with van der Waals surface area (Å²) in [6.45, 7) is 4.22. The molecule has 5 heteroatoms. The fourth-order valence-electron chi connectivity index (χ4n) is 2.08. The van der Waals surface area contributed by atoms with Gasteiger partial charge in [0.1, 0.15) is 10.3 Å². The van der Waals surface area contributed by atoms with E-state index in [1.807, 2.05) is 43.3 Å². The first-order valence-electron chi connectivity index (χ1n) is 6.95. The molecule has 0 saturated heterocycles. The van der Waals surface area contributed by atoms with Crippen LogP contribution in [0.3, 0.4) is 0 Å². The topological polar surface area (TPSA) is 49.0 Å². The Balaban J connectivity index is 2.44. The summed E-state index contributed by atoms with van der Waals surface area (Å²) >= 11 is 3.33. The molecule has 1 N–H and O–H groups in total. The first kappa shape index (κ1) is 15.8. The van der Waals surface area contributed by atoms with Crippen LogP contribution < -0.4 is 10.5 Å². The highest BCUT2D eigenvalue weighted by atomic mass is 79.9. The maximum atomic E-state index is 12.0. The molecule has 0 spiro atoms. The smallest absolute Gasteiger partial charge is 0.265 e. The lowest BCUT2D eigenvalue weighted by Gasteiger charge is -2.13. The molecule has 0 fully saturated rings. The molecule has 2 aromatic rings. The molecule has 0 amide bonds. The number of hydrogen-bond acceptors (Lipinski definition) is 3. The maximum absolute atomic E-state index is 12.0. The van der Waals surface area contributed by atoms with Gasteiger partial charge in [0.15, 0.2) is 0 Å². The lowest BCUT2D eigenvalue weighted by Crippen LogP contribution is -2.15. The molecule has 4 nitrogen and oxygen atoms in total. The van der Waals surface area contributed by atoms with E-state index in [9.17, 15) is 4.79 Å². The average molecular weight is 350 g/mol. The molecule has 21 heavy (non-hydrogen) atoms. The van der Waals surface area contributed by atoms with Crippen molar-refractivity contribution in [2.24, 2.45) is 5.92 Å². The molecule has 0 aliphatic heterocycles. The average Bonchev–Trinajstić information content (AvgIpc) is 2.43. The zero-order valence-corrected chi connectivity index (χ0v) is 14.4. The van der Waals surface area contributed by atoms with Crippen molar-refractivity contribution in [2.45, 2.75) is 20.3 Å². The molecule has 0 aliphatic carbocycles. The molecule has 2 rings (SSSR count). The molecule has 0 bridgehead atoms. The Bertz CT molecular complexity index is 675. The van der Waals surface area contributed by atoms with E-state index in [1.165, 1.54) is 0 Å². The number of nitrogens with one attached hydrogen (secondary N) is 1. The Morgan fingerprint density at radius 3 is 2.38 bits per heavy atom. The molecule has 0 radical (unpaired) electrons. The van der Waals surface area contributed by atoms with Crippen LogP contribution in [0.2, 0.25) is 0 Å². The zero-order valence-electron chi connectivity index (χ0n) is 12.8. The number of aromatic amines is 1. The van der Waals surface area contributed by atoms with E-state index < -0.39 is 0 Å². The second-order valence-electron chi connectivity index (χ2n) is 5.71. The van der Waals surface area contributed by atoms with Gasteiger partial charge in [-0.2, -0.15) is 0 Å². The quantitative estimate of drug-likeness (QED) is 0.919. The molecule has 0 atom stereocenters. The predicted molar refractivity (Wildman–Crippen MR) is 90.9 cm³/mol. The van der Waals surface area contributed by atoms with Crippen LogP contribution in [0.15, 0.2) is 33.5 Å². The molecule has 1 aromatic heterocycles. The van der Waals surface area contributed by atoms with Crippen molar-refractivity contribution < 1.29 is 0 Å². The minimum atomic E-state index is -0.132. The molecular weight excluding hydrogens is 330 g/mol. The van der Waals surface area contributed by atoms with Crippen molar-refractivity contribution in [1.29, 1.82) is 0 Å². The third-order valence-corrected chi connectivity index (χ3v) is 4.01. The molecule has 1 heterocycles. The second kappa shape index (κ2) is 6.43. The van der Waals surface area contributed by atoms with E-state index in [-0.39, 0.29) is 5.56 Å². The fraction of sp³-hybridized carbons (Fsp3) is 0.375. The summed E-state index contributed by atoms with van der Waals surface area (Å²) in [7, 11) is 3.99. The summed E-state index contributed by atoms with van der Waals surface area (Å²) in [6, 6.07) is 7.97. The third-order valence-electron chi connectivity index (χ3n) is 3.19. The first-order valence-corrected chi connectivity index (χ1v) is 7.74. The monoisotopic (exact) mass is 349 g/mol. The van der Waals surface area contributed by atoms with Gasteiger partial charge in [-0.15, -0.1) is 0 Å². The van der Waals surface area contributed by atoms with Gasteiger partial charge < -0.3 is 9.88 Å². The zero-order chi connectivity index (χ0) is 15.6.